The van der Waals surface area contributed by atoms with Crippen molar-refractivity contribution in [3.63, 3.8) is 0 Å². The van der Waals surface area contributed by atoms with Crippen molar-refractivity contribution in [2.24, 2.45) is 0 Å². The molecule has 1 amide bonds. The fourth-order valence-electron chi connectivity index (χ4n) is 3.89. The van der Waals surface area contributed by atoms with Gasteiger partial charge in [0.15, 0.2) is 0 Å². The number of ether oxygens (including phenoxy) is 1. The van der Waals surface area contributed by atoms with Crippen molar-refractivity contribution in [1.29, 1.82) is 5.26 Å². The molecule has 0 saturated heterocycles. The van der Waals surface area contributed by atoms with E-state index in [1.54, 1.807) is 29.1 Å². The number of para-hydroxylation sites is 1. The van der Waals surface area contributed by atoms with Crippen molar-refractivity contribution < 1.29 is 13.9 Å². The lowest BCUT2D eigenvalue weighted by atomic mass is 10.1. The maximum Gasteiger partial charge on any atom is 0.262 e. The van der Waals surface area contributed by atoms with Gasteiger partial charge in [-0.2, -0.15) is 10.4 Å². The number of rotatable bonds is 9. The maximum atomic E-state index is 12.8. The van der Waals surface area contributed by atoms with Gasteiger partial charge in [0.25, 0.3) is 5.91 Å². The summed E-state index contributed by atoms with van der Waals surface area (Å²) in [5.74, 6) is 0.740. The molecule has 0 aliphatic rings. The summed E-state index contributed by atoms with van der Waals surface area (Å²) in [6.07, 6.45) is 4.86. The van der Waals surface area contributed by atoms with E-state index in [4.69, 9.17) is 25.9 Å². The number of nitrogens with one attached hydrogen (secondary N) is 1. The largest absolute Gasteiger partial charge is 0.489 e. The van der Waals surface area contributed by atoms with E-state index in [1.165, 1.54) is 6.26 Å². The molecule has 0 unspecified atom stereocenters. The molecule has 2 aromatic heterocycles. The second-order valence-electron chi connectivity index (χ2n) is 8.59. The predicted molar refractivity (Wildman–Crippen MR) is 149 cm³/mol. The minimum absolute atomic E-state index is 0.0504. The van der Waals surface area contributed by atoms with E-state index in [9.17, 15) is 10.1 Å². The van der Waals surface area contributed by atoms with Crippen molar-refractivity contribution in [2.45, 2.75) is 13.2 Å². The standard InChI is InChI=1S/C31H23ClN4O3/c32-26-13-11-22(12-14-26)21-39-28-9-4-6-23(17-28)30-25(20-36(35-30)27-7-2-1-3-8-27)16-24(18-33)31(37)34-19-29-10-5-15-38-29/h1-17,20H,19,21H2,(H,34,37). The lowest BCUT2D eigenvalue weighted by Crippen LogP contribution is -2.23. The van der Waals surface area contributed by atoms with E-state index >= 15 is 0 Å². The zero-order chi connectivity index (χ0) is 27.0. The molecule has 0 bridgehead atoms. The molecule has 8 heteroatoms. The molecule has 0 radical (unpaired) electrons. The summed E-state index contributed by atoms with van der Waals surface area (Å²) >= 11 is 5.98. The Bertz CT molecular complexity index is 1630. The number of hydrogen-bond acceptors (Lipinski definition) is 5. The topological polar surface area (TPSA) is 93.1 Å². The lowest BCUT2D eigenvalue weighted by Gasteiger charge is -2.08. The van der Waals surface area contributed by atoms with Crippen LogP contribution >= 0.6 is 11.6 Å². The zero-order valence-electron chi connectivity index (χ0n) is 20.8. The van der Waals surface area contributed by atoms with Gasteiger partial charge in [-0.05, 0) is 60.2 Å². The number of nitriles is 1. The lowest BCUT2D eigenvalue weighted by molar-refractivity contribution is -0.117. The molecular weight excluding hydrogens is 512 g/mol. The maximum absolute atomic E-state index is 12.8. The Kier molecular flexibility index (Phi) is 7.87. The van der Waals surface area contributed by atoms with Gasteiger partial charge in [-0.25, -0.2) is 4.68 Å². The third kappa shape index (κ3) is 6.45. The van der Waals surface area contributed by atoms with Gasteiger partial charge in [0.1, 0.15) is 35.5 Å². The Morgan fingerprint density at radius 1 is 1.05 bits per heavy atom. The molecular formula is C31H23ClN4O3. The van der Waals surface area contributed by atoms with E-state index in [0.717, 1.165) is 16.8 Å². The molecule has 0 spiro atoms. The average molecular weight is 535 g/mol. The van der Waals surface area contributed by atoms with Gasteiger partial charge in [0.05, 0.1) is 18.5 Å². The van der Waals surface area contributed by atoms with E-state index in [0.29, 0.717) is 34.4 Å². The molecule has 7 nitrogen and oxygen atoms in total. The first-order valence-electron chi connectivity index (χ1n) is 12.1. The van der Waals surface area contributed by atoms with Crippen LogP contribution in [0.15, 0.2) is 113 Å². The Labute approximate surface area is 230 Å². The average Bonchev–Trinajstić information content (AvgIpc) is 3.65. The van der Waals surface area contributed by atoms with Crippen LogP contribution in [0.25, 0.3) is 23.0 Å². The number of benzene rings is 3. The Morgan fingerprint density at radius 2 is 1.87 bits per heavy atom. The Hall–Kier alpha value is -5.06. The minimum Gasteiger partial charge on any atom is -0.489 e. The van der Waals surface area contributed by atoms with Crippen LogP contribution in [-0.4, -0.2) is 15.7 Å². The van der Waals surface area contributed by atoms with E-state index in [2.05, 4.69) is 5.32 Å². The first kappa shape index (κ1) is 25.6. The molecule has 0 fully saturated rings. The second kappa shape index (κ2) is 12.0. The van der Waals surface area contributed by atoms with Crippen LogP contribution in [0.3, 0.4) is 0 Å². The molecule has 1 N–H and O–H groups in total. The zero-order valence-corrected chi connectivity index (χ0v) is 21.5. The van der Waals surface area contributed by atoms with E-state index < -0.39 is 5.91 Å². The highest BCUT2D eigenvalue weighted by atomic mass is 35.5. The minimum atomic E-state index is -0.507. The number of nitrogens with zero attached hydrogens (tertiary/aromatic N) is 3. The summed E-state index contributed by atoms with van der Waals surface area (Å²) in [4.78, 5) is 12.8. The van der Waals surface area contributed by atoms with Gasteiger partial charge >= 0.3 is 0 Å². The smallest absolute Gasteiger partial charge is 0.262 e. The van der Waals surface area contributed by atoms with Gasteiger partial charge in [0, 0.05) is 22.3 Å². The Morgan fingerprint density at radius 3 is 2.62 bits per heavy atom. The molecule has 5 aromatic rings. The molecule has 0 saturated carbocycles. The molecule has 0 aliphatic heterocycles. The molecule has 192 valence electrons. The van der Waals surface area contributed by atoms with Crippen molar-refractivity contribution in [1.82, 2.24) is 15.1 Å². The van der Waals surface area contributed by atoms with Crippen LogP contribution in [0.4, 0.5) is 0 Å². The molecule has 2 heterocycles. The molecule has 5 rings (SSSR count). The van der Waals surface area contributed by atoms with Crippen LogP contribution in [0.1, 0.15) is 16.9 Å². The first-order chi connectivity index (χ1) is 19.1. The molecule has 0 atom stereocenters. The van der Waals surface area contributed by atoms with Crippen molar-refractivity contribution in [2.75, 3.05) is 0 Å². The van der Waals surface area contributed by atoms with E-state index in [1.807, 2.05) is 84.9 Å². The first-order valence-corrected chi connectivity index (χ1v) is 12.5. The highest BCUT2D eigenvalue weighted by Gasteiger charge is 2.16. The number of carbonyl (C=O) groups is 1. The van der Waals surface area contributed by atoms with Crippen LogP contribution in [-0.2, 0) is 17.9 Å². The third-order valence-corrected chi connectivity index (χ3v) is 6.11. The van der Waals surface area contributed by atoms with Crippen molar-refractivity contribution in [3.05, 3.63) is 131 Å². The SMILES string of the molecule is N#CC(=Cc1cn(-c2ccccc2)nc1-c1cccc(OCc2ccc(Cl)cc2)c1)C(=O)NCc1ccco1. The number of hydrogen-bond donors (Lipinski definition) is 1. The fourth-order valence-corrected chi connectivity index (χ4v) is 4.02. The van der Waals surface area contributed by atoms with Crippen LogP contribution in [0.2, 0.25) is 5.02 Å². The van der Waals surface area contributed by atoms with Gasteiger partial charge < -0.3 is 14.5 Å². The summed E-state index contributed by atoms with van der Waals surface area (Å²) in [6, 6.07) is 30.1. The molecule has 3 aromatic carbocycles. The quantitative estimate of drug-likeness (QED) is 0.170. The summed E-state index contributed by atoms with van der Waals surface area (Å²) in [6.45, 7) is 0.550. The van der Waals surface area contributed by atoms with Crippen molar-refractivity contribution >= 4 is 23.6 Å². The number of halogens is 1. The van der Waals surface area contributed by atoms with Crippen LogP contribution in [0, 0.1) is 11.3 Å². The summed E-state index contributed by atoms with van der Waals surface area (Å²) in [5.41, 5.74) is 3.76. The fraction of sp³-hybridized carbons (Fsp3) is 0.0645. The van der Waals surface area contributed by atoms with Crippen molar-refractivity contribution in [3.8, 4) is 28.8 Å². The van der Waals surface area contributed by atoms with Crippen LogP contribution in [0.5, 0.6) is 5.75 Å². The summed E-state index contributed by atoms with van der Waals surface area (Å²) in [5, 5.41) is 18.0. The Balaban J connectivity index is 1.45. The number of aromatic nitrogens is 2. The highest BCUT2D eigenvalue weighted by Crippen LogP contribution is 2.29. The van der Waals surface area contributed by atoms with E-state index in [-0.39, 0.29) is 12.1 Å². The molecule has 39 heavy (non-hydrogen) atoms. The third-order valence-electron chi connectivity index (χ3n) is 5.86. The predicted octanol–water partition coefficient (Wildman–Crippen LogP) is 6.59. The summed E-state index contributed by atoms with van der Waals surface area (Å²) < 4.78 is 13.0. The molecule has 0 aliphatic carbocycles. The van der Waals surface area contributed by atoms with Gasteiger partial charge in [-0.3, -0.25) is 4.79 Å². The normalized spacial score (nSPS) is 11.1. The second-order valence-corrected chi connectivity index (χ2v) is 9.02. The highest BCUT2D eigenvalue weighted by molar-refractivity contribution is 6.30. The van der Waals surface area contributed by atoms with Gasteiger partial charge in [0.2, 0.25) is 0 Å². The van der Waals surface area contributed by atoms with Gasteiger partial charge in [-0.1, -0.05) is 54.1 Å². The number of amides is 1. The van der Waals surface area contributed by atoms with Gasteiger partial charge in [-0.15, -0.1) is 0 Å². The summed E-state index contributed by atoms with van der Waals surface area (Å²) in [7, 11) is 0. The number of furan rings is 1. The number of carbonyl (C=O) groups excluding carboxylic acids is 1. The van der Waals surface area contributed by atoms with Crippen LogP contribution < -0.4 is 10.1 Å². The monoisotopic (exact) mass is 534 g/mol.